The van der Waals surface area contributed by atoms with E-state index < -0.39 is 0 Å². The van der Waals surface area contributed by atoms with Crippen molar-refractivity contribution in [2.75, 3.05) is 12.0 Å². The number of nitrogens with two attached hydrogens (primary N) is 1. The molecule has 102 valence electrons. The van der Waals surface area contributed by atoms with Gasteiger partial charge in [0, 0.05) is 11.3 Å². The van der Waals surface area contributed by atoms with Gasteiger partial charge in [-0.2, -0.15) is 0 Å². The Hall–Kier alpha value is -0.770. The van der Waals surface area contributed by atoms with Crippen molar-refractivity contribution in [3.8, 4) is 0 Å². The molecule has 0 saturated heterocycles. The van der Waals surface area contributed by atoms with Crippen LogP contribution in [0.1, 0.15) is 56.7 Å². The van der Waals surface area contributed by atoms with E-state index in [1.165, 1.54) is 38.5 Å². The maximum atomic E-state index is 6.00. The summed E-state index contributed by atoms with van der Waals surface area (Å²) < 4.78 is 0. The summed E-state index contributed by atoms with van der Waals surface area (Å²) in [5, 5.41) is 0.775. The normalized spacial score (nSPS) is 10.8. The van der Waals surface area contributed by atoms with Gasteiger partial charge in [0.15, 0.2) is 5.16 Å². The first kappa shape index (κ1) is 15.3. The second-order valence-corrected chi connectivity index (χ2v) is 5.45. The van der Waals surface area contributed by atoms with Crippen LogP contribution in [0.15, 0.2) is 5.16 Å². The third kappa shape index (κ3) is 4.84. The van der Waals surface area contributed by atoms with Crippen molar-refractivity contribution >= 4 is 17.6 Å². The minimum Gasteiger partial charge on any atom is -0.383 e. The number of unbranched alkanes of at least 4 members (excludes halogenated alkanes) is 5. The summed E-state index contributed by atoms with van der Waals surface area (Å²) in [5.41, 5.74) is 8.18. The fraction of sp³-hybridized carbons (Fsp3) is 0.714. The van der Waals surface area contributed by atoms with Crippen molar-refractivity contribution in [1.29, 1.82) is 0 Å². The zero-order valence-electron chi connectivity index (χ0n) is 11.8. The molecule has 2 N–H and O–H groups in total. The number of aromatic nitrogens is 2. The molecule has 0 amide bonds. The lowest BCUT2D eigenvalue weighted by Crippen LogP contribution is -2.05. The highest BCUT2D eigenvalue weighted by molar-refractivity contribution is 7.98. The van der Waals surface area contributed by atoms with E-state index in [1.54, 1.807) is 11.8 Å². The van der Waals surface area contributed by atoms with Crippen molar-refractivity contribution in [2.24, 2.45) is 0 Å². The van der Waals surface area contributed by atoms with Crippen LogP contribution in [0.5, 0.6) is 0 Å². The molecule has 1 aromatic heterocycles. The van der Waals surface area contributed by atoms with Gasteiger partial charge in [0.25, 0.3) is 0 Å². The van der Waals surface area contributed by atoms with Crippen LogP contribution in [0.3, 0.4) is 0 Å². The molecule has 18 heavy (non-hydrogen) atoms. The van der Waals surface area contributed by atoms with E-state index in [2.05, 4.69) is 16.9 Å². The van der Waals surface area contributed by atoms with Gasteiger partial charge in [-0.05, 0) is 26.0 Å². The third-order valence-electron chi connectivity index (χ3n) is 3.19. The minimum atomic E-state index is 0.667. The Labute approximate surface area is 115 Å². The highest BCUT2D eigenvalue weighted by Crippen LogP contribution is 2.20. The van der Waals surface area contributed by atoms with Gasteiger partial charge in [0.2, 0.25) is 0 Å². The van der Waals surface area contributed by atoms with Crippen LogP contribution in [-0.4, -0.2) is 16.2 Å². The predicted octanol–water partition coefficient (Wildman–Crippen LogP) is 3.99. The first-order valence-corrected chi connectivity index (χ1v) is 8.08. The van der Waals surface area contributed by atoms with E-state index in [0.717, 1.165) is 22.8 Å². The number of nitrogen functional groups attached to an aromatic ring is 1. The quantitative estimate of drug-likeness (QED) is 0.439. The Morgan fingerprint density at radius 2 is 1.72 bits per heavy atom. The van der Waals surface area contributed by atoms with Gasteiger partial charge in [-0.15, -0.1) is 0 Å². The summed E-state index contributed by atoms with van der Waals surface area (Å²) in [6.07, 6.45) is 10.8. The summed E-state index contributed by atoms with van der Waals surface area (Å²) in [7, 11) is 0. The molecule has 0 atom stereocenters. The molecule has 1 aromatic rings. The van der Waals surface area contributed by atoms with Crippen LogP contribution >= 0.6 is 11.8 Å². The van der Waals surface area contributed by atoms with Crippen LogP contribution in [0, 0.1) is 6.92 Å². The second-order valence-electron chi connectivity index (χ2n) is 4.68. The van der Waals surface area contributed by atoms with Gasteiger partial charge in [-0.25, -0.2) is 9.97 Å². The standard InChI is InChI=1S/C14H25N3S/c1-4-5-6-7-8-9-10-12-11(2)16-14(18-3)17-13(12)15/h4-10H2,1-3H3,(H2,15,16,17). The Bertz CT molecular complexity index is 343. The molecule has 1 heterocycles. The fourth-order valence-electron chi connectivity index (χ4n) is 2.07. The van der Waals surface area contributed by atoms with Crippen LogP contribution in [0.2, 0.25) is 0 Å². The Morgan fingerprint density at radius 1 is 1.06 bits per heavy atom. The van der Waals surface area contributed by atoms with E-state index in [4.69, 9.17) is 5.73 Å². The van der Waals surface area contributed by atoms with Crippen LogP contribution < -0.4 is 5.73 Å². The van der Waals surface area contributed by atoms with Gasteiger partial charge in [0.1, 0.15) is 5.82 Å². The lowest BCUT2D eigenvalue weighted by atomic mass is 10.0. The molecule has 0 fully saturated rings. The van der Waals surface area contributed by atoms with Gasteiger partial charge < -0.3 is 5.73 Å². The first-order valence-electron chi connectivity index (χ1n) is 6.86. The highest BCUT2D eigenvalue weighted by Gasteiger charge is 2.08. The molecule has 0 aliphatic rings. The zero-order chi connectivity index (χ0) is 13.4. The molecular weight excluding hydrogens is 242 g/mol. The smallest absolute Gasteiger partial charge is 0.189 e. The highest BCUT2D eigenvalue weighted by atomic mass is 32.2. The maximum absolute atomic E-state index is 6.00. The molecule has 0 spiro atoms. The lowest BCUT2D eigenvalue weighted by Gasteiger charge is -2.09. The van der Waals surface area contributed by atoms with E-state index in [9.17, 15) is 0 Å². The molecular formula is C14H25N3S. The van der Waals surface area contributed by atoms with Crippen LogP contribution in [0.25, 0.3) is 0 Å². The summed E-state index contributed by atoms with van der Waals surface area (Å²) in [5.74, 6) is 0.667. The third-order valence-corrected chi connectivity index (χ3v) is 3.74. The molecule has 0 unspecified atom stereocenters. The Morgan fingerprint density at radius 3 is 2.33 bits per heavy atom. The molecule has 1 rings (SSSR count). The van der Waals surface area contributed by atoms with Gasteiger partial charge in [-0.3, -0.25) is 0 Å². The number of nitrogens with zero attached hydrogens (tertiary/aromatic N) is 2. The molecule has 3 nitrogen and oxygen atoms in total. The van der Waals surface area contributed by atoms with Crippen LogP contribution in [-0.2, 0) is 6.42 Å². The number of thioether (sulfide) groups is 1. The number of aryl methyl sites for hydroxylation is 1. The summed E-state index contributed by atoms with van der Waals surface area (Å²) in [6.45, 7) is 4.28. The van der Waals surface area contributed by atoms with E-state index >= 15 is 0 Å². The topological polar surface area (TPSA) is 51.8 Å². The molecule has 0 aliphatic carbocycles. The average Bonchev–Trinajstić information content (AvgIpc) is 2.35. The van der Waals surface area contributed by atoms with Gasteiger partial charge in [-0.1, -0.05) is 50.8 Å². The Balaban J connectivity index is 2.42. The van der Waals surface area contributed by atoms with Crippen molar-refractivity contribution in [1.82, 2.24) is 9.97 Å². The number of hydrogen-bond acceptors (Lipinski definition) is 4. The zero-order valence-corrected chi connectivity index (χ0v) is 12.6. The number of rotatable bonds is 8. The van der Waals surface area contributed by atoms with E-state index in [0.29, 0.717) is 5.82 Å². The summed E-state index contributed by atoms with van der Waals surface area (Å²) in [6, 6.07) is 0. The monoisotopic (exact) mass is 267 g/mol. The van der Waals surface area contributed by atoms with E-state index in [-0.39, 0.29) is 0 Å². The number of anilines is 1. The average molecular weight is 267 g/mol. The maximum Gasteiger partial charge on any atom is 0.189 e. The van der Waals surface area contributed by atoms with Crippen molar-refractivity contribution < 1.29 is 0 Å². The SMILES string of the molecule is CCCCCCCCc1c(C)nc(SC)nc1N. The molecule has 0 aliphatic heterocycles. The summed E-state index contributed by atoms with van der Waals surface area (Å²) in [4.78, 5) is 8.76. The Kier molecular flexibility index (Phi) is 7.09. The van der Waals surface area contributed by atoms with Gasteiger partial charge >= 0.3 is 0 Å². The van der Waals surface area contributed by atoms with Crippen molar-refractivity contribution in [2.45, 2.75) is 63.9 Å². The molecule has 0 radical (unpaired) electrons. The van der Waals surface area contributed by atoms with Gasteiger partial charge in [0.05, 0.1) is 0 Å². The molecule has 0 saturated carbocycles. The number of hydrogen-bond donors (Lipinski definition) is 1. The van der Waals surface area contributed by atoms with E-state index in [1.807, 2.05) is 13.2 Å². The molecule has 0 aromatic carbocycles. The van der Waals surface area contributed by atoms with Crippen LogP contribution in [0.4, 0.5) is 5.82 Å². The van der Waals surface area contributed by atoms with Crippen molar-refractivity contribution in [3.05, 3.63) is 11.3 Å². The fourth-order valence-corrected chi connectivity index (χ4v) is 2.49. The predicted molar refractivity (Wildman–Crippen MR) is 80.0 cm³/mol. The minimum absolute atomic E-state index is 0.667. The first-order chi connectivity index (χ1) is 8.69. The molecule has 4 heteroatoms. The lowest BCUT2D eigenvalue weighted by molar-refractivity contribution is 0.606. The largest absolute Gasteiger partial charge is 0.383 e. The van der Waals surface area contributed by atoms with Crippen molar-refractivity contribution in [3.63, 3.8) is 0 Å². The second kappa shape index (κ2) is 8.35. The molecule has 0 bridgehead atoms. The summed E-state index contributed by atoms with van der Waals surface area (Å²) >= 11 is 1.54.